The smallest absolute Gasteiger partial charge is 0.409 e. The fraction of sp³-hybridized carbons (Fsp3) is 0.435. The van der Waals surface area contributed by atoms with Gasteiger partial charge in [-0.3, -0.25) is 0 Å². The van der Waals surface area contributed by atoms with Crippen molar-refractivity contribution in [1.29, 1.82) is 0 Å². The molecule has 0 atom stereocenters. The highest BCUT2D eigenvalue weighted by molar-refractivity contribution is 5.79. The number of fused-ring (bicyclic) bond motifs is 3. The summed E-state index contributed by atoms with van der Waals surface area (Å²) in [5.74, 6) is 0.910. The van der Waals surface area contributed by atoms with Crippen molar-refractivity contribution in [1.82, 2.24) is 4.90 Å². The van der Waals surface area contributed by atoms with Crippen LogP contribution in [0, 0.1) is 5.92 Å². The van der Waals surface area contributed by atoms with Crippen LogP contribution in [0.1, 0.15) is 49.7 Å². The van der Waals surface area contributed by atoms with E-state index in [0.717, 1.165) is 18.8 Å². The maximum absolute atomic E-state index is 12.6. The minimum Gasteiger partial charge on any atom is -0.448 e. The monoisotopic (exact) mass is 349 g/mol. The second-order valence-electron chi connectivity index (χ2n) is 7.83. The summed E-state index contributed by atoms with van der Waals surface area (Å²) < 4.78 is 5.77. The number of hydrogen-bond donors (Lipinski definition) is 0. The van der Waals surface area contributed by atoms with Crippen molar-refractivity contribution in [3.8, 4) is 11.1 Å². The van der Waals surface area contributed by atoms with Crippen LogP contribution >= 0.6 is 0 Å². The van der Waals surface area contributed by atoms with Gasteiger partial charge in [0.1, 0.15) is 6.61 Å². The highest BCUT2D eigenvalue weighted by Crippen LogP contribution is 2.44. The van der Waals surface area contributed by atoms with Gasteiger partial charge in [0, 0.05) is 19.0 Å². The van der Waals surface area contributed by atoms with Crippen LogP contribution in [-0.2, 0) is 4.74 Å². The molecule has 2 aliphatic carbocycles. The molecule has 0 saturated heterocycles. The van der Waals surface area contributed by atoms with Crippen molar-refractivity contribution >= 4 is 6.09 Å². The Bertz CT molecular complexity index is 747. The maximum Gasteiger partial charge on any atom is 0.409 e. The zero-order chi connectivity index (χ0) is 18.1. The van der Waals surface area contributed by atoms with Gasteiger partial charge in [-0.15, -0.1) is 0 Å². The largest absolute Gasteiger partial charge is 0.448 e. The average molecular weight is 349 g/mol. The third-order valence-corrected chi connectivity index (χ3v) is 6.16. The number of carbonyl (C=O) groups excluding carboxylic acids is 1. The van der Waals surface area contributed by atoms with Crippen LogP contribution in [0.15, 0.2) is 48.5 Å². The van der Waals surface area contributed by atoms with E-state index in [0.29, 0.717) is 12.6 Å². The predicted molar refractivity (Wildman–Crippen MR) is 104 cm³/mol. The summed E-state index contributed by atoms with van der Waals surface area (Å²) in [6.07, 6.45) is 4.38. The van der Waals surface area contributed by atoms with Crippen LogP contribution < -0.4 is 0 Å². The molecule has 0 radical (unpaired) electrons. The summed E-state index contributed by atoms with van der Waals surface area (Å²) in [6.45, 7) is 2.70. The normalized spacial score (nSPS) is 21.8. The molecule has 0 heterocycles. The molecule has 0 N–H and O–H groups in total. The van der Waals surface area contributed by atoms with Crippen molar-refractivity contribution in [2.75, 3.05) is 13.7 Å². The first-order valence-electron chi connectivity index (χ1n) is 9.73. The van der Waals surface area contributed by atoms with E-state index in [4.69, 9.17) is 4.74 Å². The number of rotatable bonds is 3. The zero-order valence-corrected chi connectivity index (χ0v) is 15.7. The Morgan fingerprint density at radius 1 is 0.962 bits per heavy atom. The molecule has 4 rings (SSSR count). The van der Waals surface area contributed by atoms with Crippen LogP contribution in [0.2, 0.25) is 0 Å². The molecule has 0 aromatic heterocycles. The van der Waals surface area contributed by atoms with Gasteiger partial charge in [0.25, 0.3) is 0 Å². The van der Waals surface area contributed by atoms with Gasteiger partial charge < -0.3 is 9.64 Å². The van der Waals surface area contributed by atoms with Gasteiger partial charge in [-0.2, -0.15) is 0 Å². The molecule has 0 spiro atoms. The Kier molecular flexibility index (Phi) is 4.71. The number of hydrogen-bond acceptors (Lipinski definition) is 2. The molecular formula is C23H27NO2. The lowest BCUT2D eigenvalue weighted by atomic mass is 9.87. The van der Waals surface area contributed by atoms with Gasteiger partial charge in [0.2, 0.25) is 0 Å². The van der Waals surface area contributed by atoms with Crippen molar-refractivity contribution in [3.05, 3.63) is 59.7 Å². The lowest BCUT2D eigenvalue weighted by Gasteiger charge is -2.33. The molecule has 2 aromatic carbocycles. The van der Waals surface area contributed by atoms with E-state index >= 15 is 0 Å². The summed E-state index contributed by atoms with van der Waals surface area (Å²) in [6, 6.07) is 17.2. The van der Waals surface area contributed by atoms with Crippen molar-refractivity contribution in [3.63, 3.8) is 0 Å². The van der Waals surface area contributed by atoms with Gasteiger partial charge in [-0.05, 0) is 53.9 Å². The first kappa shape index (κ1) is 17.1. The second-order valence-corrected chi connectivity index (χ2v) is 7.83. The molecular weight excluding hydrogens is 322 g/mol. The highest BCUT2D eigenvalue weighted by atomic mass is 16.6. The summed E-state index contributed by atoms with van der Waals surface area (Å²) in [7, 11) is 1.89. The van der Waals surface area contributed by atoms with Gasteiger partial charge in [-0.25, -0.2) is 4.79 Å². The Balaban J connectivity index is 1.45. The molecule has 136 valence electrons. The van der Waals surface area contributed by atoms with E-state index in [2.05, 4.69) is 55.5 Å². The Morgan fingerprint density at radius 2 is 1.50 bits per heavy atom. The standard InChI is InChI=1S/C23H27NO2/c1-16-11-13-17(14-12-16)24(2)23(25)26-15-22-20-9-5-3-7-18(20)19-8-4-6-10-21(19)22/h3-10,16-17,22H,11-15H2,1-2H3/t16-,17-. The topological polar surface area (TPSA) is 29.5 Å². The van der Waals surface area contributed by atoms with E-state index in [1.165, 1.54) is 35.1 Å². The lowest BCUT2D eigenvalue weighted by molar-refractivity contribution is 0.0832. The van der Waals surface area contributed by atoms with Crippen LogP contribution in [-0.4, -0.2) is 30.7 Å². The molecule has 1 saturated carbocycles. The Labute approximate surface area is 156 Å². The lowest BCUT2D eigenvalue weighted by Crippen LogP contribution is -2.40. The fourth-order valence-electron chi connectivity index (χ4n) is 4.47. The maximum atomic E-state index is 12.6. The molecule has 26 heavy (non-hydrogen) atoms. The second kappa shape index (κ2) is 7.14. The molecule has 2 aliphatic rings. The van der Waals surface area contributed by atoms with Crippen LogP contribution in [0.25, 0.3) is 11.1 Å². The van der Waals surface area contributed by atoms with E-state index in [1.54, 1.807) is 0 Å². The van der Waals surface area contributed by atoms with Crippen LogP contribution in [0.5, 0.6) is 0 Å². The van der Waals surface area contributed by atoms with Crippen molar-refractivity contribution in [2.45, 2.75) is 44.6 Å². The molecule has 3 nitrogen and oxygen atoms in total. The summed E-state index contributed by atoms with van der Waals surface area (Å²) in [5.41, 5.74) is 5.05. The third kappa shape index (κ3) is 3.11. The molecule has 1 fully saturated rings. The minimum absolute atomic E-state index is 0.131. The molecule has 2 aromatic rings. The molecule has 3 heteroatoms. The number of carbonyl (C=O) groups is 1. The van der Waals surface area contributed by atoms with Gasteiger partial charge in [0.15, 0.2) is 0 Å². The summed E-state index contributed by atoms with van der Waals surface area (Å²) in [4.78, 5) is 14.4. The van der Waals surface area contributed by atoms with E-state index in [1.807, 2.05) is 11.9 Å². The third-order valence-electron chi connectivity index (χ3n) is 6.16. The average Bonchev–Trinajstić information content (AvgIpc) is 3.00. The number of ether oxygens (including phenoxy) is 1. The first-order valence-corrected chi connectivity index (χ1v) is 9.73. The summed E-state index contributed by atoms with van der Waals surface area (Å²) >= 11 is 0. The van der Waals surface area contributed by atoms with Gasteiger partial charge in [-0.1, -0.05) is 55.5 Å². The molecule has 1 amide bonds. The fourth-order valence-corrected chi connectivity index (χ4v) is 4.47. The SMILES string of the molecule is CN(C(=O)OCC1c2ccccc2-c2ccccc21)[C@H]1CC[C@H](C)CC1. The minimum atomic E-state index is -0.189. The number of benzene rings is 2. The predicted octanol–water partition coefficient (Wildman–Crippen LogP) is 5.45. The van der Waals surface area contributed by atoms with Crippen LogP contribution in [0.3, 0.4) is 0 Å². The van der Waals surface area contributed by atoms with Crippen molar-refractivity contribution < 1.29 is 9.53 Å². The molecule has 0 unspecified atom stereocenters. The first-order chi connectivity index (χ1) is 12.6. The van der Waals surface area contributed by atoms with E-state index in [9.17, 15) is 4.79 Å². The van der Waals surface area contributed by atoms with Crippen molar-refractivity contribution in [2.24, 2.45) is 5.92 Å². The van der Waals surface area contributed by atoms with Gasteiger partial charge in [0.05, 0.1) is 0 Å². The Morgan fingerprint density at radius 3 is 2.08 bits per heavy atom. The number of amides is 1. The van der Waals surface area contributed by atoms with E-state index < -0.39 is 0 Å². The zero-order valence-electron chi connectivity index (χ0n) is 15.7. The van der Waals surface area contributed by atoms with Gasteiger partial charge >= 0.3 is 6.09 Å². The quantitative estimate of drug-likeness (QED) is 0.738. The summed E-state index contributed by atoms with van der Waals surface area (Å²) in [5, 5.41) is 0. The van der Waals surface area contributed by atoms with E-state index in [-0.39, 0.29) is 12.0 Å². The van der Waals surface area contributed by atoms with Crippen LogP contribution in [0.4, 0.5) is 4.79 Å². The molecule has 0 bridgehead atoms. The number of nitrogens with zero attached hydrogens (tertiary/aromatic N) is 1. The Hall–Kier alpha value is -2.29. The molecule has 0 aliphatic heterocycles. The highest BCUT2D eigenvalue weighted by Gasteiger charge is 2.30.